The number of aromatic nitrogens is 1. The number of hydrogen-bond donors (Lipinski definition) is 4. The van der Waals surface area contributed by atoms with Crippen LogP contribution in [0.1, 0.15) is 32.3 Å². The third-order valence-electron chi connectivity index (χ3n) is 6.83. The molecule has 0 saturated heterocycles. The van der Waals surface area contributed by atoms with Crippen LogP contribution in [0.3, 0.4) is 0 Å². The van der Waals surface area contributed by atoms with E-state index in [2.05, 4.69) is 20.9 Å². The normalized spacial score (nSPS) is 12.1. The zero-order chi connectivity index (χ0) is 31.4. The lowest BCUT2D eigenvalue weighted by Crippen LogP contribution is -2.30. The number of aliphatic hydroxyl groups excluding tert-OH is 1. The molecule has 3 aromatic carbocycles. The van der Waals surface area contributed by atoms with E-state index in [1.165, 1.54) is 49.5 Å². The number of nitrogens with zero attached hydrogens (tertiary/aromatic N) is 1. The number of aliphatic hydroxyl groups is 1. The Hall–Kier alpha value is -5.23. The average Bonchev–Trinajstić information content (AvgIpc) is 3.40. The highest BCUT2D eigenvalue weighted by Gasteiger charge is 2.29. The predicted molar refractivity (Wildman–Crippen MR) is 157 cm³/mol. The standard InChI is InChI=1S/C32H26F4N4O4/c1-37-30(43)26-24-15-23(20-8-5-9-21(14-20)29(42)39-25(16-41)18-6-3-2-4-7-18)28(38-17-32(34,35)36)40-31(24)44-27(26)19-10-12-22(33)13-11-19/h2-15,25,41H,16-17H2,1H3,(H,37,43)(H,38,40)(H,39,42)/t25-/m1/s1. The van der Waals surface area contributed by atoms with Crippen LogP contribution in [0.5, 0.6) is 0 Å². The zero-order valence-electron chi connectivity index (χ0n) is 23.2. The fraction of sp³-hybridized carbons (Fsp3) is 0.156. The Morgan fingerprint density at radius 3 is 2.32 bits per heavy atom. The van der Waals surface area contributed by atoms with Gasteiger partial charge in [0, 0.05) is 23.7 Å². The molecule has 1 atom stereocenters. The predicted octanol–water partition coefficient (Wildman–Crippen LogP) is 6.10. The van der Waals surface area contributed by atoms with Crippen LogP contribution in [0, 0.1) is 5.82 Å². The van der Waals surface area contributed by atoms with Gasteiger partial charge in [-0.05, 0) is 53.6 Å². The van der Waals surface area contributed by atoms with Gasteiger partial charge in [0.25, 0.3) is 11.8 Å². The molecule has 0 bridgehead atoms. The van der Waals surface area contributed by atoms with Crippen LogP contribution < -0.4 is 16.0 Å². The van der Waals surface area contributed by atoms with Crippen LogP contribution in [0.15, 0.2) is 89.3 Å². The number of carbonyl (C=O) groups is 2. The van der Waals surface area contributed by atoms with Crippen molar-refractivity contribution in [3.05, 3.63) is 107 Å². The molecule has 2 amide bonds. The first kappa shape index (κ1) is 30.2. The third-order valence-corrected chi connectivity index (χ3v) is 6.83. The van der Waals surface area contributed by atoms with Crippen molar-refractivity contribution < 1.29 is 36.7 Å². The van der Waals surface area contributed by atoms with Crippen molar-refractivity contribution in [1.82, 2.24) is 15.6 Å². The second-order valence-corrected chi connectivity index (χ2v) is 9.80. The van der Waals surface area contributed by atoms with Crippen molar-refractivity contribution in [3.8, 4) is 22.5 Å². The maximum atomic E-state index is 13.6. The van der Waals surface area contributed by atoms with E-state index in [0.29, 0.717) is 16.7 Å². The van der Waals surface area contributed by atoms with Crippen molar-refractivity contribution in [1.29, 1.82) is 0 Å². The molecule has 0 aliphatic heterocycles. The lowest BCUT2D eigenvalue weighted by atomic mass is 9.99. The molecule has 0 fully saturated rings. The second kappa shape index (κ2) is 12.6. The van der Waals surface area contributed by atoms with E-state index in [1.54, 1.807) is 42.5 Å². The number of rotatable bonds is 9. The minimum atomic E-state index is -4.58. The summed E-state index contributed by atoms with van der Waals surface area (Å²) in [6.45, 7) is -1.78. The highest BCUT2D eigenvalue weighted by atomic mass is 19.4. The molecule has 0 saturated carbocycles. The molecule has 2 heterocycles. The van der Waals surface area contributed by atoms with Crippen molar-refractivity contribution in [2.24, 2.45) is 0 Å². The van der Waals surface area contributed by atoms with Gasteiger partial charge in [-0.3, -0.25) is 9.59 Å². The third kappa shape index (κ3) is 6.55. The molecular weight excluding hydrogens is 580 g/mol. The number of amides is 2. The summed E-state index contributed by atoms with van der Waals surface area (Å²) in [6, 6.07) is 20.9. The number of carbonyl (C=O) groups excluding carboxylic acids is 2. The molecule has 2 aromatic heterocycles. The quantitative estimate of drug-likeness (QED) is 0.151. The van der Waals surface area contributed by atoms with E-state index in [4.69, 9.17) is 4.42 Å². The Balaban J connectivity index is 1.62. The van der Waals surface area contributed by atoms with Crippen LogP contribution >= 0.6 is 0 Å². The van der Waals surface area contributed by atoms with Gasteiger partial charge in [-0.2, -0.15) is 18.2 Å². The number of nitrogens with one attached hydrogen (secondary N) is 3. The van der Waals surface area contributed by atoms with Crippen LogP contribution in [0.2, 0.25) is 0 Å². The summed E-state index contributed by atoms with van der Waals surface area (Å²) in [5.74, 6) is -1.75. The summed E-state index contributed by atoms with van der Waals surface area (Å²) in [5.41, 5.74) is 1.62. The van der Waals surface area contributed by atoms with Gasteiger partial charge in [0.2, 0.25) is 5.71 Å². The molecule has 0 aliphatic rings. The number of pyridine rings is 1. The molecule has 12 heteroatoms. The first-order valence-corrected chi connectivity index (χ1v) is 13.4. The number of fused-ring (bicyclic) bond motifs is 1. The van der Waals surface area contributed by atoms with Crippen molar-refractivity contribution in [2.75, 3.05) is 25.5 Å². The lowest BCUT2D eigenvalue weighted by molar-refractivity contribution is -0.115. The number of furan rings is 1. The maximum Gasteiger partial charge on any atom is 0.405 e. The fourth-order valence-corrected chi connectivity index (χ4v) is 4.71. The molecule has 0 radical (unpaired) electrons. The Labute approximate surface area is 248 Å². The number of alkyl halides is 3. The van der Waals surface area contributed by atoms with Gasteiger partial charge >= 0.3 is 6.18 Å². The van der Waals surface area contributed by atoms with Crippen LogP contribution in [-0.4, -0.2) is 48.3 Å². The maximum absolute atomic E-state index is 13.6. The SMILES string of the molecule is CNC(=O)c1c(-c2ccc(F)cc2)oc2nc(NCC(F)(F)F)c(-c3cccc(C(=O)N[C@H](CO)c4ccccc4)c3)cc12. The van der Waals surface area contributed by atoms with E-state index in [-0.39, 0.29) is 46.0 Å². The monoisotopic (exact) mass is 606 g/mol. The minimum Gasteiger partial charge on any atom is -0.437 e. The van der Waals surface area contributed by atoms with E-state index in [1.807, 2.05) is 0 Å². The zero-order valence-corrected chi connectivity index (χ0v) is 23.2. The summed E-state index contributed by atoms with van der Waals surface area (Å²) < 4.78 is 59.3. The van der Waals surface area contributed by atoms with Gasteiger partial charge in [0.05, 0.1) is 23.6 Å². The minimum absolute atomic E-state index is 0.0489. The number of benzene rings is 3. The summed E-state index contributed by atoms with van der Waals surface area (Å²) in [4.78, 5) is 30.5. The van der Waals surface area contributed by atoms with Crippen LogP contribution in [0.25, 0.3) is 33.6 Å². The van der Waals surface area contributed by atoms with Crippen molar-refractivity contribution in [2.45, 2.75) is 12.2 Å². The van der Waals surface area contributed by atoms with E-state index >= 15 is 0 Å². The van der Waals surface area contributed by atoms with Gasteiger partial charge < -0.3 is 25.5 Å². The highest BCUT2D eigenvalue weighted by molar-refractivity contribution is 6.11. The molecule has 0 unspecified atom stereocenters. The summed E-state index contributed by atoms with van der Waals surface area (Å²) in [6.07, 6.45) is -4.58. The summed E-state index contributed by atoms with van der Waals surface area (Å²) >= 11 is 0. The molecular formula is C32H26F4N4O4. The highest BCUT2D eigenvalue weighted by Crippen LogP contribution is 2.38. The Morgan fingerprint density at radius 1 is 0.932 bits per heavy atom. The van der Waals surface area contributed by atoms with Gasteiger partial charge in [0.1, 0.15) is 23.9 Å². The van der Waals surface area contributed by atoms with Gasteiger partial charge in [0.15, 0.2) is 0 Å². The van der Waals surface area contributed by atoms with Crippen LogP contribution in [-0.2, 0) is 0 Å². The summed E-state index contributed by atoms with van der Waals surface area (Å²) in [7, 11) is 1.40. The van der Waals surface area contributed by atoms with Crippen molar-refractivity contribution >= 4 is 28.7 Å². The Bertz CT molecular complexity index is 1810. The molecule has 5 rings (SSSR count). The number of anilines is 1. The molecule has 226 valence electrons. The van der Waals surface area contributed by atoms with E-state index in [9.17, 15) is 32.3 Å². The first-order valence-electron chi connectivity index (χ1n) is 13.4. The second-order valence-electron chi connectivity index (χ2n) is 9.80. The van der Waals surface area contributed by atoms with E-state index < -0.39 is 36.4 Å². The fourth-order valence-electron chi connectivity index (χ4n) is 4.71. The Morgan fingerprint density at radius 2 is 1.66 bits per heavy atom. The number of hydrogen-bond acceptors (Lipinski definition) is 6. The summed E-state index contributed by atoms with van der Waals surface area (Å²) in [5, 5.41) is 17.6. The topological polar surface area (TPSA) is 116 Å². The van der Waals surface area contributed by atoms with Crippen molar-refractivity contribution in [3.63, 3.8) is 0 Å². The smallest absolute Gasteiger partial charge is 0.405 e. The van der Waals surface area contributed by atoms with Crippen LogP contribution in [0.4, 0.5) is 23.4 Å². The average molecular weight is 607 g/mol. The largest absolute Gasteiger partial charge is 0.437 e. The Kier molecular flexibility index (Phi) is 8.63. The van der Waals surface area contributed by atoms with E-state index in [0.717, 1.165) is 0 Å². The molecule has 44 heavy (non-hydrogen) atoms. The van der Waals surface area contributed by atoms with Gasteiger partial charge in [-0.25, -0.2) is 4.39 Å². The van der Waals surface area contributed by atoms with Gasteiger partial charge in [-0.1, -0.05) is 42.5 Å². The lowest BCUT2D eigenvalue weighted by Gasteiger charge is -2.17. The molecule has 4 N–H and O–H groups in total. The molecule has 0 aliphatic carbocycles. The molecule has 8 nitrogen and oxygen atoms in total. The molecule has 0 spiro atoms. The molecule has 5 aromatic rings. The first-order chi connectivity index (χ1) is 21.1. The van der Waals surface area contributed by atoms with Gasteiger partial charge in [-0.15, -0.1) is 0 Å². The number of halogens is 4.